The lowest BCUT2D eigenvalue weighted by atomic mass is 9.82. The van der Waals surface area contributed by atoms with Gasteiger partial charge in [0.1, 0.15) is 11.7 Å². The summed E-state index contributed by atoms with van der Waals surface area (Å²) in [6, 6.07) is 3.56. The minimum atomic E-state index is -3.88. The second-order valence-corrected chi connectivity index (χ2v) is 18.7. The molecule has 0 unspecified atom stereocenters. The summed E-state index contributed by atoms with van der Waals surface area (Å²) in [5.41, 5.74) is -2.06. The van der Waals surface area contributed by atoms with E-state index in [1.54, 1.807) is 26.8 Å². The predicted octanol–water partition coefficient (Wildman–Crippen LogP) is 5.67. The van der Waals surface area contributed by atoms with Crippen LogP contribution in [0.3, 0.4) is 0 Å². The van der Waals surface area contributed by atoms with Gasteiger partial charge in [0.05, 0.1) is 42.7 Å². The Balaban J connectivity index is 1.35. The maximum absolute atomic E-state index is 15.2. The van der Waals surface area contributed by atoms with Crippen LogP contribution in [0.4, 0.5) is 4.39 Å². The maximum Gasteiger partial charge on any atom is 0.307 e. The number of ketones is 1. The van der Waals surface area contributed by atoms with Gasteiger partial charge in [-0.1, -0.05) is 26.0 Å². The summed E-state index contributed by atoms with van der Waals surface area (Å²) in [5.74, 6) is -3.68. The van der Waals surface area contributed by atoms with Gasteiger partial charge in [-0.05, 0) is 95.2 Å². The molecule has 3 fully saturated rings. The quantitative estimate of drug-likeness (QED) is 0.262. The van der Waals surface area contributed by atoms with Gasteiger partial charge in [-0.25, -0.2) is 17.8 Å². The van der Waals surface area contributed by atoms with Gasteiger partial charge in [-0.3, -0.25) is 23.9 Å². The van der Waals surface area contributed by atoms with Crippen LogP contribution in [0.25, 0.3) is 10.8 Å². The fraction of sp³-hybridized carbons (Fsp3) is 0.625. The van der Waals surface area contributed by atoms with Crippen molar-refractivity contribution in [2.24, 2.45) is 29.1 Å². The summed E-state index contributed by atoms with van der Waals surface area (Å²) in [7, 11) is -2.51. The molecule has 294 valence electrons. The molecule has 6 rings (SSSR count). The van der Waals surface area contributed by atoms with Crippen LogP contribution >= 0.6 is 0 Å². The molecular weight excluding hydrogens is 718 g/mol. The molecule has 0 bridgehead atoms. The molecule has 1 aromatic heterocycles. The van der Waals surface area contributed by atoms with Gasteiger partial charge in [0.25, 0.3) is 0 Å². The van der Waals surface area contributed by atoms with Gasteiger partial charge < -0.3 is 19.1 Å². The molecule has 2 amide bonds. The van der Waals surface area contributed by atoms with Gasteiger partial charge in [0.15, 0.2) is 17.3 Å². The summed E-state index contributed by atoms with van der Waals surface area (Å²) in [6.45, 7) is 9.28. The highest BCUT2D eigenvalue weighted by molar-refractivity contribution is 7.90. The summed E-state index contributed by atoms with van der Waals surface area (Å²) in [4.78, 5) is 62.2. The van der Waals surface area contributed by atoms with E-state index in [1.165, 1.54) is 30.3 Å². The Kier molecular flexibility index (Phi) is 11.2. The topological polar surface area (TPSA) is 158 Å². The SMILES string of the molecule is COc1ccc2c(O[C@@H]3C[C@H]4C(=O)C[C@]5(C(=O)NS(=O)(=O)C6CC6)C[C@H]5/C=C\CC[C@H](C)C[C@@H](C)[C@H](CC(=O)OC(C)(C)C)C(=O)N4C3)nccc2c1F. The first-order valence-electron chi connectivity index (χ1n) is 19.0. The number of hydrogen-bond donors (Lipinski definition) is 1. The van der Waals surface area contributed by atoms with Gasteiger partial charge >= 0.3 is 5.97 Å². The van der Waals surface area contributed by atoms with Gasteiger partial charge in [-0.15, -0.1) is 0 Å². The number of rotatable bonds is 8. The molecule has 4 aliphatic rings. The third-order valence-electron chi connectivity index (χ3n) is 11.3. The number of hydrogen-bond acceptors (Lipinski definition) is 10. The van der Waals surface area contributed by atoms with Crippen molar-refractivity contribution >= 4 is 44.4 Å². The van der Waals surface area contributed by atoms with Crippen LogP contribution in [0.15, 0.2) is 36.5 Å². The van der Waals surface area contributed by atoms with Gasteiger partial charge in [-0.2, -0.15) is 0 Å². The summed E-state index contributed by atoms with van der Waals surface area (Å²) in [6.07, 6.45) is 7.53. The van der Waals surface area contributed by atoms with Crippen molar-refractivity contribution in [2.45, 2.75) is 115 Å². The molecule has 1 aromatic carbocycles. The fourth-order valence-electron chi connectivity index (χ4n) is 8.13. The number of methoxy groups -OCH3 is 1. The Morgan fingerprint density at radius 2 is 1.81 bits per heavy atom. The number of carbonyl (C=O) groups is 4. The molecule has 3 heterocycles. The highest BCUT2D eigenvalue weighted by Crippen LogP contribution is 2.57. The number of carbonyl (C=O) groups excluding carboxylic acids is 4. The lowest BCUT2D eigenvalue weighted by molar-refractivity contribution is -0.160. The summed E-state index contributed by atoms with van der Waals surface area (Å²) >= 11 is 0. The molecule has 0 spiro atoms. The van der Waals surface area contributed by atoms with E-state index in [0.29, 0.717) is 37.5 Å². The van der Waals surface area contributed by atoms with E-state index >= 15 is 4.39 Å². The molecule has 12 nitrogen and oxygen atoms in total. The standard InChI is InChI=1S/C40H52FN3O9S/c1-23-9-7-8-10-25-20-40(25,38(48)43-54(49,50)27-11-12-27)21-32(45)31-18-26(52-36-29-13-14-33(51-6)35(41)28(29)15-16-42-36)22-44(31)37(47)30(24(2)17-23)19-34(46)53-39(3,4)5/h8,10,13-16,23-27,30-31H,7,9,11-12,17-22H2,1-6H3,(H,43,48)/b10-8-/t23-,24+,25+,26+,30-,31-,40+/m0/s1. The van der Waals surface area contributed by atoms with E-state index < -0.39 is 73.7 Å². The first kappa shape index (κ1) is 39.6. The average Bonchev–Trinajstić information content (AvgIpc) is 4.02. The average molecular weight is 770 g/mol. The smallest absolute Gasteiger partial charge is 0.307 e. The number of nitrogens with one attached hydrogen (secondary N) is 1. The van der Waals surface area contributed by atoms with E-state index in [9.17, 15) is 27.6 Å². The van der Waals surface area contributed by atoms with E-state index in [2.05, 4.69) is 16.6 Å². The molecule has 0 radical (unpaired) electrons. The number of ether oxygens (including phenoxy) is 3. The van der Waals surface area contributed by atoms with Crippen LogP contribution in [0.1, 0.15) is 92.4 Å². The third-order valence-corrected chi connectivity index (χ3v) is 13.1. The van der Waals surface area contributed by atoms with Crippen molar-refractivity contribution in [1.82, 2.24) is 14.6 Å². The normalized spacial score (nSPS) is 30.0. The van der Waals surface area contributed by atoms with E-state index in [4.69, 9.17) is 14.2 Å². The Hall–Kier alpha value is -4.07. The van der Waals surface area contributed by atoms with Crippen molar-refractivity contribution in [3.05, 3.63) is 42.4 Å². The van der Waals surface area contributed by atoms with Crippen molar-refractivity contribution in [2.75, 3.05) is 13.7 Å². The van der Waals surface area contributed by atoms with Crippen molar-refractivity contribution in [3.8, 4) is 11.6 Å². The number of pyridine rings is 1. The zero-order chi connectivity index (χ0) is 39.2. The zero-order valence-electron chi connectivity index (χ0n) is 31.9. The Morgan fingerprint density at radius 3 is 2.50 bits per heavy atom. The number of benzene rings is 1. The maximum atomic E-state index is 15.2. The second kappa shape index (κ2) is 15.2. The number of Topliss-reactive ketones (excluding diaryl/α,β-unsaturated/α-hetero) is 1. The Labute approximate surface area is 316 Å². The fourth-order valence-corrected chi connectivity index (χ4v) is 9.51. The summed E-state index contributed by atoms with van der Waals surface area (Å²) < 4.78 is 60.4. The number of amides is 2. The van der Waals surface area contributed by atoms with Crippen LogP contribution in [0.5, 0.6) is 11.6 Å². The molecule has 1 saturated heterocycles. The number of nitrogens with zero attached hydrogens (tertiary/aromatic N) is 2. The van der Waals surface area contributed by atoms with E-state index in [1.807, 2.05) is 19.1 Å². The molecule has 2 aliphatic carbocycles. The van der Waals surface area contributed by atoms with Crippen LogP contribution in [-0.2, 0) is 33.9 Å². The van der Waals surface area contributed by atoms with Crippen molar-refractivity contribution in [3.63, 3.8) is 0 Å². The molecular formula is C40H52FN3O9S. The molecule has 1 N–H and O–H groups in total. The molecule has 2 aromatic rings. The van der Waals surface area contributed by atoms with Crippen LogP contribution in [-0.4, -0.2) is 78.5 Å². The first-order chi connectivity index (χ1) is 25.4. The number of sulfonamides is 1. The number of fused-ring (bicyclic) bond motifs is 3. The van der Waals surface area contributed by atoms with Crippen molar-refractivity contribution < 1.29 is 46.2 Å². The lowest BCUT2D eigenvalue weighted by Crippen LogP contribution is -2.47. The van der Waals surface area contributed by atoms with Gasteiger partial charge in [0.2, 0.25) is 27.7 Å². The highest BCUT2D eigenvalue weighted by Gasteiger charge is 2.61. The third kappa shape index (κ3) is 8.58. The monoisotopic (exact) mass is 769 g/mol. The predicted molar refractivity (Wildman–Crippen MR) is 198 cm³/mol. The van der Waals surface area contributed by atoms with Crippen molar-refractivity contribution in [1.29, 1.82) is 0 Å². The largest absolute Gasteiger partial charge is 0.494 e. The lowest BCUT2D eigenvalue weighted by Gasteiger charge is -2.32. The molecule has 7 atom stereocenters. The van der Waals surface area contributed by atoms with E-state index in [0.717, 1.165) is 6.42 Å². The minimum Gasteiger partial charge on any atom is -0.494 e. The second-order valence-electron chi connectivity index (χ2n) is 16.8. The van der Waals surface area contributed by atoms with Crippen LogP contribution in [0, 0.1) is 34.9 Å². The van der Waals surface area contributed by atoms with E-state index in [-0.39, 0.29) is 60.6 Å². The minimum absolute atomic E-state index is 0.0301. The Morgan fingerprint density at radius 1 is 1.07 bits per heavy atom. The number of halogens is 1. The van der Waals surface area contributed by atoms with Crippen LogP contribution in [0.2, 0.25) is 0 Å². The molecule has 2 saturated carbocycles. The van der Waals surface area contributed by atoms with Gasteiger partial charge in [0, 0.05) is 29.8 Å². The Bertz CT molecular complexity index is 1940. The number of esters is 1. The summed E-state index contributed by atoms with van der Waals surface area (Å²) in [5, 5.41) is -0.0166. The molecule has 2 aliphatic heterocycles. The molecule has 54 heavy (non-hydrogen) atoms. The zero-order valence-corrected chi connectivity index (χ0v) is 32.7. The number of allylic oxidation sites excluding steroid dienone is 2. The van der Waals surface area contributed by atoms with Crippen LogP contribution < -0.4 is 14.2 Å². The number of aromatic nitrogens is 1. The molecule has 14 heteroatoms. The highest BCUT2D eigenvalue weighted by atomic mass is 32.2. The first-order valence-corrected chi connectivity index (χ1v) is 20.5.